The Morgan fingerprint density at radius 2 is 0.848 bits per heavy atom. The van der Waals surface area contributed by atoms with E-state index in [1.165, 1.54) is 16.7 Å². The molecule has 0 aliphatic heterocycles. The van der Waals surface area contributed by atoms with Gasteiger partial charge in [0.2, 0.25) is 0 Å². The second kappa shape index (κ2) is 9.46. The van der Waals surface area contributed by atoms with Crippen molar-refractivity contribution in [3.63, 3.8) is 0 Å². The van der Waals surface area contributed by atoms with Crippen LogP contribution in [0.25, 0.3) is 11.1 Å². The van der Waals surface area contributed by atoms with E-state index in [1.54, 1.807) is 0 Å². The minimum absolute atomic E-state index is 1.06. The van der Waals surface area contributed by atoms with Crippen LogP contribution in [0.1, 0.15) is 5.56 Å². The average Bonchev–Trinajstić information content (AvgIpc) is 2.88. The number of benzene rings is 5. The zero-order valence-corrected chi connectivity index (χ0v) is 18.6. The fraction of sp³-hybridized carbons (Fsp3) is 0.0323. The molecule has 33 heavy (non-hydrogen) atoms. The van der Waals surface area contributed by atoms with Gasteiger partial charge in [-0.2, -0.15) is 0 Å². The molecule has 5 rings (SSSR count). The van der Waals surface area contributed by atoms with Crippen molar-refractivity contribution < 1.29 is 0 Å². The molecule has 0 spiro atoms. The Hall–Kier alpha value is -4.30. The van der Waals surface area contributed by atoms with E-state index in [1.807, 2.05) is 18.2 Å². The summed E-state index contributed by atoms with van der Waals surface area (Å²) in [5, 5.41) is 3.46. The maximum atomic E-state index is 3.46. The van der Waals surface area contributed by atoms with E-state index < -0.39 is 0 Å². The fourth-order valence-corrected chi connectivity index (χ4v) is 3.96. The molecular formula is C31H26N2. The highest BCUT2D eigenvalue weighted by molar-refractivity contribution is 5.79. The maximum absolute atomic E-state index is 3.46. The van der Waals surface area contributed by atoms with Crippen LogP contribution in [0.2, 0.25) is 0 Å². The zero-order valence-electron chi connectivity index (χ0n) is 18.6. The first-order valence-electron chi connectivity index (χ1n) is 11.2. The lowest BCUT2D eigenvalue weighted by Crippen LogP contribution is -2.09. The monoisotopic (exact) mass is 426 g/mol. The van der Waals surface area contributed by atoms with Crippen LogP contribution in [0.3, 0.4) is 0 Å². The van der Waals surface area contributed by atoms with Crippen LogP contribution in [0.5, 0.6) is 0 Å². The fourth-order valence-electron chi connectivity index (χ4n) is 3.96. The van der Waals surface area contributed by atoms with E-state index in [0.29, 0.717) is 0 Å². The van der Waals surface area contributed by atoms with Crippen LogP contribution in [0.4, 0.5) is 28.4 Å². The van der Waals surface area contributed by atoms with E-state index >= 15 is 0 Å². The molecule has 0 aromatic heterocycles. The molecule has 1 N–H and O–H groups in total. The number of nitrogens with one attached hydrogen (secondary N) is 1. The third-order valence-corrected chi connectivity index (χ3v) is 5.71. The van der Waals surface area contributed by atoms with Crippen molar-refractivity contribution in [3.8, 4) is 11.1 Å². The first kappa shape index (κ1) is 20.6. The van der Waals surface area contributed by atoms with Gasteiger partial charge in [-0.15, -0.1) is 0 Å². The number of nitrogens with zero attached hydrogens (tertiary/aromatic N) is 1. The molecular weight excluding hydrogens is 400 g/mol. The van der Waals surface area contributed by atoms with Crippen molar-refractivity contribution in [2.45, 2.75) is 6.92 Å². The Balaban J connectivity index is 1.46. The summed E-state index contributed by atoms with van der Waals surface area (Å²) in [6.07, 6.45) is 0. The average molecular weight is 427 g/mol. The summed E-state index contributed by atoms with van der Waals surface area (Å²) >= 11 is 0. The van der Waals surface area contributed by atoms with Crippen LogP contribution in [-0.2, 0) is 0 Å². The standard InChI is InChI=1S/C31H26N2/c1-24-12-14-25(15-13-24)26-16-20-30(21-17-26)33(29-10-6-3-7-11-29)31-22-18-28(19-23-31)32-27-8-4-2-5-9-27/h2-23,32H,1H3. The number of rotatable bonds is 6. The minimum Gasteiger partial charge on any atom is -0.356 e. The number of hydrogen-bond acceptors (Lipinski definition) is 2. The predicted octanol–water partition coefficient (Wildman–Crippen LogP) is 8.88. The molecule has 160 valence electrons. The van der Waals surface area contributed by atoms with Gasteiger partial charge in [0, 0.05) is 28.4 Å². The molecule has 0 saturated carbocycles. The van der Waals surface area contributed by atoms with Crippen LogP contribution in [-0.4, -0.2) is 0 Å². The largest absolute Gasteiger partial charge is 0.356 e. The molecule has 0 heterocycles. The van der Waals surface area contributed by atoms with Gasteiger partial charge in [-0.1, -0.05) is 78.4 Å². The Morgan fingerprint density at radius 3 is 1.42 bits per heavy atom. The van der Waals surface area contributed by atoms with Crippen molar-refractivity contribution in [3.05, 3.63) is 139 Å². The molecule has 0 bridgehead atoms. The van der Waals surface area contributed by atoms with Crippen LogP contribution in [0, 0.1) is 6.92 Å². The molecule has 0 aliphatic carbocycles. The van der Waals surface area contributed by atoms with Gasteiger partial charge in [-0.3, -0.25) is 0 Å². The molecule has 0 aliphatic rings. The minimum atomic E-state index is 1.06. The second-order valence-corrected chi connectivity index (χ2v) is 8.12. The van der Waals surface area contributed by atoms with Crippen LogP contribution in [0.15, 0.2) is 133 Å². The third-order valence-electron chi connectivity index (χ3n) is 5.71. The summed E-state index contributed by atoms with van der Waals surface area (Å²) in [4.78, 5) is 2.28. The predicted molar refractivity (Wildman–Crippen MR) is 141 cm³/mol. The van der Waals surface area contributed by atoms with E-state index in [9.17, 15) is 0 Å². The smallest absolute Gasteiger partial charge is 0.0463 e. The van der Waals surface area contributed by atoms with Gasteiger partial charge >= 0.3 is 0 Å². The normalized spacial score (nSPS) is 10.6. The molecule has 0 radical (unpaired) electrons. The lowest BCUT2D eigenvalue weighted by molar-refractivity contribution is 1.28. The molecule has 0 fully saturated rings. The first-order valence-corrected chi connectivity index (χ1v) is 11.2. The summed E-state index contributed by atoms with van der Waals surface area (Å²) in [6, 6.07) is 46.7. The SMILES string of the molecule is Cc1ccc(-c2ccc(N(c3ccccc3)c3ccc(Nc4ccccc4)cc3)cc2)cc1. The molecule has 0 unspecified atom stereocenters. The Morgan fingerprint density at radius 1 is 0.424 bits per heavy atom. The molecule has 0 atom stereocenters. The highest BCUT2D eigenvalue weighted by Gasteiger charge is 2.12. The Bertz CT molecular complexity index is 1290. The summed E-state index contributed by atoms with van der Waals surface area (Å²) in [5.74, 6) is 0. The first-order chi connectivity index (χ1) is 16.3. The molecule has 0 amide bonds. The number of aryl methyl sites for hydroxylation is 1. The highest BCUT2D eigenvalue weighted by atomic mass is 15.1. The van der Waals surface area contributed by atoms with Gasteiger partial charge in [0.15, 0.2) is 0 Å². The van der Waals surface area contributed by atoms with Crippen LogP contribution >= 0.6 is 0 Å². The van der Waals surface area contributed by atoms with Crippen LogP contribution < -0.4 is 10.2 Å². The maximum Gasteiger partial charge on any atom is 0.0463 e. The topological polar surface area (TPSA) is 15.3 Å². The molecule has 0 saturated heterocycles. The Kier molecular flexibility index (Phi) is 5.90. The van der Waals surface area contributed by atoms with Gasteiger partial charge in [-0.25, -0.2) is 0 Å². The van der Waals surface area contributed by atoms with E-state index in [-0.39, 0.29) is 0 Å². The summed E-state index contributed by atoms with van der Waals surface area (Å²) in [5.41, 5.74) is 9.23. The van der Waals surface area contributed by atoms with E-state index in [0.717, 1.165) is 28.4 Å². The highest BCUT2D eigenvalue weighted by Crippen LogP contribution is 2.36. The third kappa shape index (κ3) is 4.81. The van der Waals surface area contributed by atoms with Gasteiger partial charge in [0.05, 0.1) is 0 Å². The van der Waals surface area contributed by atoms with E-state index in [4.69, 9.17) is 0 Å². The van der Waals surface area contributed by atoms with Gasteiger partial charge in [0.1, 0.15) is 0 Å². The Labute approximate surface area is 195 Å². The van der Waals surface area contributed by atoms with Gasteiger partial charge < -0.3 is 10.2 Å². The van der Waals surface area contributed by atoms with Gasteiger partial charge in [-0.05, 0) is 78.7 Å². The molecule has 2 nitrogen and oxygen atoms in total. The lowest BCUT2D eigenvalue weighted by Gasteiger charge is -2.26. The quantitative estimate of drug-likeness (QED) is 0.292. The van der Waals surface area contributed by atoms with Crippen molar-refractivity contribution in [2.75, 3.05) is 10.2 Å². The zero-order chi connectivity index (χ0) is 22.5. The summed E-state index contributed by atoms with van der Waals surface area (Å²) in [6.45, 7) is 2.12. The number of hydrogen-bond donors (Lipinski definition) is 1. The summed E-state index contributed by atoms with van der Waals surface area (Å²) in [7, 11) is 0. The number of anilines is 5. The molecule has 5 aromatic carbocycles. The van der Waals surface area contributed by atoms with Crippen molar-refractivity contribution in [2.24, 2.45) is 0 Å². The van der Waals surface area contributed by atoms with Crippen molar-refractivity contribution >= 4 is 28.4 Å². The molecule has 2 heteroatoms. The summed E-state index contributed by atoms with van der Waals surface area (Å²) < 4.78 is 0. The molecule has 5 aromatic rings. The number of para-hydroxylation sites is 2. The second-order valence-electron chi connectivity index (χ2n) is 8.12. The lowest BCUT2D eigenvalue weighted by atomic mass is 10.0. The van der Waals surface area contributed by atoms with Crippen molar-refractivity contribution in [1.29, 1.82) is 0 Å². The van der Waals surface area contributed by atoms with Crippen molar-refractivity contribution in [1.82, 2.24) is 0 Å². The van der Waals surface area contributed by atoms with Gasteiger partial charge in [0.25, 0.3) is 0 Å². The van der Waals surface area contributed by atoms with E-state index in [2.05, 4.69) is 132 Å².